The van der Waals surface area contributed by atoms with Crippen molar-refractivity contribution in [1.29, 1.82) is 0 Å². The topological polar surface area (TPSA) is 63.6 Å². The fraction of sp³-hybridized carbons (Fsp3) is 0.600. The molecule has 24 heavy (non-hydrogen) atoms. The van der Waals surface area contributed by atoms with Gasteiger partial charge in [-0.05, 0) is 35.3 Å². The number of hydrogen-bond donors (Lipinski definition) is 1. The summed E-state index contributed by atoms with van der Waals surface area (Å²) in [7, 11) is 0. The number of ether oxygens (including phenoxy) is 1. The van der Waals surface area contributed by atoms with E-state index in [-0.39, 0.29) is 18.5 Å². The predicted octanol–water partition coefficient (Wildman–Crippen LogP) is 4.31. The first kappa shape index (κ1) is 18.5. The second kappa shape index (κ2) is 6.96. The van der Waals surface area contributed by atoms with Crippen molar-refractivity contribution in [3.05, 3.63) is 35.4 Å². The van der Waals surface area contributed by atoms with Gasteiger partial charge in [-0.15, -0.1) is 0 Å². The highest BCUT2D eigenvalue weighted by Crippen LogP contribution is 2.52. The lowest BCUT2D eigenvalue weighted by molar-refractivity contribution is -0.152. The zero-order valence-electron chi connectivity index (χ0n) is 15.1. The van der Waals surface area contributed by atoms with Gasteiger partial charge >= 0.3 is 11.9 Å². The highest BCUT2D eigenvalue weighted by molar-refractivity contribution is 5.83. The Morgan fingerprint density at radius 2 is 1.67 bits per heavy atom. The van der Waals surface area contributed by atoms with Gasteiger partial charge in [0, 0.05) is 6.92 Å². The van der Waals surface area contributed by atoms with E-state index in [2.05, 4.69) is 0 Å². The molecular formula is C20H28O4. The lowest BCUT2D eigenvalue weighted by Crippen LogP contribution is -2.52. The number of carbonyl (C=O) groups excluding carboxylic acids is 1. The summed E-state index contributed by atoms with van der Waals surface area (Å²) < 4.78 is 5.01. The molecule has 1 saturated carbocycles. The summed E-state index contributed by atoms with van der Waals surface area (Å²) in [6, 6.07) is 7.54. The van der Waals surface area contributed by atoms with E-state index in [0.717, 1.165) is 36.8 Å². The van der Waals surface area contributed by atoms with Crippen LogP contribution in [-0.2, 0) is 26.3 Å². The fourth-order valence-corrected chi connectivity index (χ4v) is 4.31. The molecule has 0 spiro atoms. The third-order valence-corrected chi connectivity index (χ3v) is 5.34. The first-order valence-electron chi connectivity index (χ1n) is 8.65. The van der Waals surface area contributed by atoms with E-state index in [1.807, 2.05) is 45.0 Å². The summed E-state index contributed by atoms with van der Waals surface area (Å²) in [6.07, 6.45) is 4.11. The molecule has 1 aliphatic rings. The Kier molecular flexibility index (Phi) is 5.36. The zero-order chi connectivity index (χ0) is 18.0. The van der Waals surface area contributed by atoms with Crippen molar-refractivity contribution in [3.8, 4) is 0 Å². The molecule has 1 aliphatic carbocycles. The van der Waals surface area contributed by atoms with Crippen LogP contribution >= 0.6 is 0 Å². The second-order valence-electron chi connectivity index (χ2n) is 7.82. The van der Waals surface area contributed by atoms with E-state index in [4.69, 9.17) is 4.74 Å². The Morgan fingerprint density at radius 1 is 1.12 bits per heavy atom. The summed E-state index contributed by atoms with van der Waals surface area (Å²) in [5.74, 6) is -0.913. The predicted molar refractivity (Wildman–Crippen MR) is 92.6 cm³/mol. The minimum Gasteiger partial charge on any atom is -0.481 e. The van der Waals surface area contributed by atoms with Crippen LogP contribution in [0.3, 0.4) is 0 Å². The van der Waals surface area contributed by atoms with E-state index in [1.165, 1.54) is 6.92 Å². The summed E-state index contributed by atoms with van der Waals surface area (Å²) >= 11 is 0. The zero-order valence-corrected chi connectivity index (χ0v) is 15.1. The SMILES string of the molecule is CC(=O)OCc1ccc(C(C(=O)O)(C2CCCC2)C(C)(C)C)cc1. The summed E-state index contributed by atoms with van der Waals surface area (Å²) in [5.41, 5.74) is 0.420. The van der Waals surface area contributed by atoms with Gasteiger partial charge in [-0.3, -0.25) is 9.59 Å². The van der Waals surface area contributed by atoms with Gasteiger partial charge in [0.05, 0.1) is 0 Å². The van der Waals surface area contributed by atoms with Crippen LogP contribution in [0.2, 0.25) is 0 Å². The third kappa shape index (κ3) is 3.33. The molecule has 1 aromatic rings. The van der Waals surface area contributed by atoms with Crippen LogP contribution < -0.4 is 0 Å². The molecule has 1 N–H and O–H groups in total. The molecule has 1 unspecified atom stereocenters. The van der Waals surface area contributed by atoms with Crippen molar-refractivity contribution in [2.75, 3.05) is 0 Å². The van der Waals surface area contributed by atoms with Crippen molar-refractivity contribution >= 4 is 11.9 Å². The van der Waals surface area contributed by atoms with Crippen LogP contribution in [0.5, 0.6) is 0 Å². The van der Waals surface area contributed by atoms with Crippen LogP contribution in [0.1, 0.15) is 64.5 Å². The van der Waals surface area contributed by atoms with E-state index >= 15 is 0 Å². The average molecular weight is 332 g/mol. The molecule has 0 aromatic heterocycles. The van der Waals surface area contributed by atoms with Crippen LogP contribution in [-0.4, -0.2) is 17.0 Å². The third-order valence-electron chi connectivity index (χ3n) is 5.34. The monoisotopic (exact) mass is 332 g/mol. The maximum Gasteiger partial charge on any atom is 0.314 e. The molecule has 4 nitrogen and oxygen atoms in total. The molecule has 0 radical (unpaired) electrons. The summed E-state index contributed by atoms with van der Waals surface area (Å²) in [4.78, 5) is 23.4. The van der Waals surface area contributed by atoms with E-state index < -0.39 is 16.8 Å². The molecule has 1 atom stereocenters. The molecule has 0 saturated heterocycles. The summed E-state index contributed by atoms with van der Waals surface area (Å²) in [6.45, 7) is 7.66. The number of esters is 1. The Hall–Kier alpha value is -1.84. The largest absolute Gasteiger partial charge is 0.481 e. The lowest BCUT2D eigenvalue weighted by Gasteiger charge is -2.46. The van der Waals surface area contributed by atoms with E-state index in [0.29, 0.717) is 0 Å². The number of benzene rings is 1. The van der Waals surface area contributed by atoms with Crippen molar-refractivity contribution in [2.24, 2.45) is 11.3 Å². The second-order valence-corrected chi connectivity index (χ2v) is 7.82. The van der Waals surface area contributed by atoms with E-state index in [9.17, 15) is 14.7 Å². The van der Waals surface area contributed by atoms with Gasteiger partial charge in [0.1, 0.15) is 12.0 Å². The highest BCUT2D eigenvalue weighted by Gasteiger charge is 2.55. The van der Waals surface area contributed by atoms with Crippen LogP contribution in [0.4, 0.5) is 0 Å². The van der Waals surface area contributed by atoms with Crippen molar-refractivity contribution < 1.29 is 19.4 Å². The number of carbonyl (C=O) groups is 2. The number of hydrogen-bond acceptors (Lipinski definition) is 3. The van der Waals surface area contributed by atoms with Gasteiger partial charge in [-0.1, -0.05) is 57.9 Å². The molecule has 2 rings (SSSR count). The normalized spacial score (nSPS) is 18.2. The Labute approximate surface area is 144 Å². The van der Waals surface area contributed by atoms with Crippen LogP contribution in [0.15, 0.2) is 24.3 Å². The minimum absolute atomic E-state index is 0.148. The van der Waals surface area contributed by atoms with Crippen LogP contribution in [0.25, 0.3) is 0 Å². The number of aliphatic carboxylic acids is 1. The minimum atomic E-state index is -0.899. The molecule has 1 fully saturated rings. The molecular weight excluding hydrogens is 304 g/mol. The fourth-order valence-electron chi connectivity index (χ4n) is 4.31. The van der Waals surface area contributed by atoms with Gasteiger partial charge in [0.15, 0.2) is 0 Å². The Bertz CT molecular complexity index is 591. The average Bonchev–Trinajstić information content (AvgIpc) is 2.99. The molecule has 0 amide bonds. The summed E-state index contributed by atoms with van der Waals surface area (Å²) in [5, 5.41) is 10.2. The van der Waals surface area contributed by atoms with Crippen molar-refractivity contribution in [2.45, 2.75) is 65.4 Å². The highest BCUT2D eigenvalue weighted by atomic mass is 16.5. The van der Waals surface area contributed by atoms with Crippen LogP contribution in [0, 0.1) is 11.3 Å². The molecule has 132 valence electrons. The maximum atomic E-state index is 12.5. The van der Waals surface area contributed by atoms with Gasteiger partial charge < -0.3 is 9.84 Å². The number of carboxylic acid groups (broad SMARTS) is 1. The first-order chi connectivity index (χ1) is 11.2. The van der Waals surface area contributed by atoms with Gasteiger partial charge in [0.25, 0.3) is 0 Å². The Balaban J connectivity index is 2.43. The lowest BCUT2D eigenvalue weighted by atomic mass is 9.55. The molecule has 0 heterocycles. The number of carboxylic acids is 1. The van der Waals surface area contributed by atoms with Gasteiger partial charge in [-0.2, -0.15) is 0 Å². The maximum absolute atomic E-state index is 12.5. The van der Waals surface area contributed by atoms with Crippen molar-refractivity contribution in [3.63, 3.8) is 0 Å². The quantitative estimate of drug-likeness (QED) is 0.816. The standard InChI is InChI=1S/C20H28O4/c1-14(21)24-13-15-9-11-17(12-10-15)20(18(22)23,19(2,3)4)16-7-5-6-8-16/h9-12,16H,5-8,13H2,1-4H3,(H,22,23). The van der Waals surface area contributed by atoms with Crippen molar-refractivity contribution in [1.82, 2.24) is 0 Å². The van der Waals surface area contributed by atoms with E-state index in [1.54, 1.807) is 0 Å². The first-order valence-corrected chi connectivity index (χ1v) is 8.65. The van der Waals surface area contributed by atoms with Gasteiger partial charge in [-0.25, -0.2) is 0 Å². The molecule has 1 aromatic carbocycles. The number of rotatable bonds is 5. The molecule has 4 heteroatoms. The smallest absolute Gasteiger partial charge is 0.314 e. The van der Waals surface area contributed by atoms with Gasteiger partial charge in [0.2, 0.25) is 0 Å². The Morgan fingerprint density at radius 3 is 2.08 bits per heavy atom. The molecule has 0 aliphatic heterocycles. The molecule has 0 bridgehead atoms.